The zero-order chi connectivity index (χ0) is 16.2. The Morgan fingerprint density at radius 2 is 2.39 bits per heavy atom. The van der Waals surface area contributed by atoms with E-state index >= 15 is 0 Å². The van der Waals surface area contributed by atoms with Gasteiger partial charge in [-0.15, -0.1) is 0 Å². The lowest BCUT2D eigenvalue weighted by Gasteiger charge is -2.29. The van der Waals surface area contributed by atoms with Gasteiger partial charge in [0, 0.05) is 32.6 Å². The van der Waals surface area contributed by atoms with Crippen molar-refractivity contribution in [2.45, 2.75) is 37.9 Å². The first-order valence-electron chi connectivity index (χ1n) is 8.21. The molecule has 0 aromatic carbocycles. The van der Waals surface area contributed by atoms with Gasteiger partial charge in [-0.3, -0.25) is 4.79 Å². The van der Waals surface area contributed by atoms with Crippen molar-refractivity contribution in [3.05, 3.63) is 30.7 Å². The maximum Gasteiger partial charge on any atom is 0.222 e. The molecule has 1 aromatic rings. The molecule has 0 spiro atoms. The summed E-state index contributed by atoms with van der Waals surface area (Å²) < 4.78 is 13.9. The van der Waals surface area contributed by atoms with E-state index in [9.17, 15) is 9.18 Å². The van der Waals surface area contributed by atoms with E-state index in [0.29, 0.717) is 31.8 Å². The molecule has 1 saturated heterocycles. The standard InChI is InChI=1S/C17H23FN4O/c1-21(17(23)8-13-4-2-3-5-13)11-15-9-14(18)10-22(15)16-6-7-19-12-20-16/h2,4,6-7,12-15H,3,5,8-11H2,1H3/t13?,14-,15-/m0/s1. The molecule has 0 N–H and O–H groups in total. The van der Waals surface area contributed by atoms with Crippen molar-refractivity contribution in [2.24, 2.45) is 5.92 Å². The third-order valence-corrected chi connectivity index (χ3v) is 4.68. The number of carbonyl (C=O) groups excluding carboxylic acids is 1. The second-order valence-corrected chi connectivity index (χ2v) is 6.45. The number of aromatic nitrogens is 2. The third kappa shape index (κ3) is 3.86. The molecule has 23 heavy (non-hydrogen) atoms. The SMILES string of the molecule is CN(C[C@@H]1C[C@H](F)CN1c1ccncn1)C(=O)CC1C=CCC1. The molecule has 3 atom stereocenters. The Morgan fingerprint density at radius 1 is 1.52 bits per heavy atom. The van der Waals surface area contributed by atoms with Gasteiger partial charge in [0.05, 0.1) is 12.6 Å². The highest BCUT2D eigenvalue weighted by Crippen LogP contribution is 2.26. The Balaban J connectivity index is 1.60. The molecule has 6 heteroatoms. The molecular formula is C17H23FN4O. The van der Waals surface area contributed by atoms with Gasteiger partial charge in [0.25, 0.3) is 0 Å². The van der Waals surface area contributed by atoms with E-state index in [1.165, 1.54) is 6.33 Å². The maximum atomic E-state index is 13.9. The van der Waals surface area contributed by atoms with Crippen LogP contribution in [0.1, 0.15) is 25.7 Å². The number of allylic oxidation sites excluding steroid dienone is 2. The molecule has 0 bridgehead atoms. The van der Waals surface area contributed by atoms with E-state index in [4.69, 9.17) is 0 Å². The summed E-state index contributed by atoms with van der Waals surface area (Å²) in [6.45, 7) is 0.856. The van der Waals surface area contributed by atoms with Crippen LogP contribution in [0.4, 0.5) is 10.2 Å². The minimum Gasteiger partial charge on any atom is -0.349 e. The van der Waals surface area contributed by atoms with Gasteiger partial charge in [-0.25, -0.2) is 14.4 Å². The smallest absolute Gasteiger partial charge is 0.222 e. The molecule has 1 aliphatic heterocycles. The van der Waals surface area contributed by atoms with Crippen LogP contribution in [-0.2, 0) is 4.79 Å². The lowest BCUT2D eigenvalue weighted by Crippen LogP contribution is -2.42. The predicted octanol–water partition coefficient (Wildman–Crippen LogP) is 2.21. The number of alkyl halides is 1. The highest BCUT2D eigenvalue weighted by atomic mass is 19.1. The number of hydrogen-bond donors (Lipinski definition) is 0. The summed E-state index contributed by atoms with van der Waals surface area (Å²) in [5.74, 6) is 1.22. The monoisotopic (exact) mass is 318 g/mol. The Morgan fingerprint density at radius 3 is 3.09 bits per heavy atom. The highest BCUT2D eigenvalue weighted by molar-refractivity contribution is 5.76. The average Bonchev–Trinajstić information content (AvgIpc) is 3.18. The quantitative estimate of drug-likeness (QED) is 0.781. The van der Waals surface area contributed by atoms with Gasteiger partial charge in [0.15, 0.2) is 0 Å². The summed E-state index contributed by atoms with van der Waals surface area (Å²) in [5.41, 5.74) is 0. The summed E-state index contributed by atoms with van der Waals surface area (Å²) in [4.78, 5) is 24.2. The molecule has 1 unspecified atom stereocenters. The van der Waals surface area contributed by atoms with Gasteiger partial charge in [-0.1, -0.05) is 12.2 Å². The first kappa shape index (κ1) is 15.9. The van der Waals surface area contributed by atoms with Crippen molar-refractivity contribution in [1.82, 2.24) is 14.9 Å². The van der Waals surface area contributed by atoms with Gasteiger partial charge >= 0.3 is 0 Å². The van der Waals surface area contributed by atoms with Crippen molar-refractivity contribution in [3.63, 3.8) is 0 Å². The average molecular weight is 318 g/mol. The van der Waals surface area contributed by atoms with E-state index in [2.05, 4.69) is 22.1 Å². The van der Waals surface area contributed by atoms with Crippen molar-refractivity contribution in [1.29, 1.82) is 0 Å². The van der Waals surface area contributed by atoms with Gasteiger partial charge in [0.2, 0.25) is 5.91 Å². The van der Waals surface area contributed by atoms with Crippen LogP contribution in [0.25, 0.3) is 0 Å². The van der Waals surface area contributed by atoms with Crippen LogP contribution in [0.5, 0.6) is 0 Å². The maximum absolute atomic E-state index is 13.9. The molecule has 1 aliphatic carbocycles. The number of halogens is 1. The molecule has 1 aromatic heterocycles. The topological polar surface area (TPSA) is 49.3 Å². The van der Waals surface area contributed by atoms with E-state index in [-0.39, 0.29) is 11.9 Å². The number of rotatable bonds is 5. The fourth-order valence-electron chi connectivity index (χ4n) is 3.43. The summed E-state index contributed by atoms with van der Waals surface area (Å²) in [6, 6.07) is 1.75. The van der Waals surface area contributed by atoms with Crippen LogP contribution in [0.3, 0.4) is 0 Å². The fourth-order valence-corrected chi connectivity index (χ4v) is 3.43. The lowest BCUT2D eigenvalue weighted by atomic mass is 10.0. The second kappa shape index (κ2) is 7.06. The van der Waals surface area contributed by atoms with E-state index in [1.54, 1.807) is 17.2 Å². The number of anilines is 1. The van der Waals surface area contributed by atoms with Gasteiger partial charge in [-0.05, 0) is 24.8 Å². The zero-order valence-electron chi connectivity index (χ0n) is 13.4. The summed E-state index contributed by atoms with van der Waals surface area (Å²) in [6.07, 6.45) is 9.63. The number of amides is 1. The molecule has 3 rings (SSSR count). The number of nitrogens with zero attached hydrogens (tertiary/aromatic N) is 4. The second-order valence-electron chi connectivity index (χ2n) is 6.45. The molecule has 2 heterocycles. The van der Waals surface area contributed by atoms with Crippen molar-refractivity contribution >= 4 is 11.7 Å². The zero-order valence-corrected chi connectivity index (χ0v) is 13.4. The molecule has 124 valence electrons. The normalized spacial score (nSPS) is 26.7. The molecule has 1 amide bonds. The predicted molar refractivity (Wildman–Crippen MR) is 86.8 cm³/mol. The first-order valence-corrected chi connectivity index (χ1v) is 8.21. The number of likely N-dealkylation sites (N-methyl/N-ethyl adjacent to an activating group) is 1. The molecule has 5 nitrogen and oxygen atoms in total. The van der Waals surface area contributed by atoms with Crippen LogP contribution < -0.4 is 4.90 Å². The molecule has 0 saturated carbocycles. The molecule has 1 fully saturated rings. The van der Waals surface area contributed by atoms with Crippen LogP contribution in [0, 0.1) is 5.92 Å². The highest BCUT2D eigenvalue weighted by Gasteiger charge is 2.34. The lowest BCUT2D eigenvalue weighted by molar-refractivity contribution is -0.130. The van der Waals surface area contributed by atoms with E-state index in [0.717, 1.165) is 18.7 Å². The van der Waals surface area contributed by atoms with Crippen molar-refractivity contribution in [3.8, 4) is 0 Å². The number of hydrogen-bond acceptors (Lipinski definition) is 4. The first-order chi connectivity index (χ1) is 11.1. The van der Waals surface area contributed by atoms with Gasteiger partial charge in [0.1, 0.15) is 18.3 Å². The molecule has 0 radical (unpaired) electrons. The van der Waals surface area contributed by atoms with Crippen molar-refractivity contribution in [2.75, 3.05) is 25.0 Å². The van der Waals surface area contributed by atoms with Crippen molar-refractivity contribution < 1.29 is 9.18 Å². The summed E-state index contributed by atoms with van der Waals surface area (Å²) in [7, 11) is 1.81. The van der Waals surface area contributed by atoms with E-state index in [1.807, 2.05) is 11.9 Å². The Kier molecular flexibility index (Phi) is 4.88. The van der Waals surface area contributed by atoms with Gasteiger partial charge < -0.3 is 9.80 Å². The fraction of sp³-hybridized carbons (Fsp3) is 0.588. The minimum absolute atomic E-state index is 0.0343. The number of carbonyl (C=O) groups is 1. The Hall–Kier alpha value is -1.98. The minimum atomic E-state index is -0.878. The molecular weight excluding hydrogens is 295 g/mol. The summed E-state index contributed by atoms with van der Waals surface area (Å²) >= 11 is 0. The largest absolute Gasteiger partial charge is 0.349 e. The van der Waals surface area contributed by atoms with Crippen LogP contribution in [0.15, 0.2) is 30.7 Å². The Bertz CT molecular complexity index is 565. The van der Waals surface area contributed by atoms with Crippen LogP contribution in [0.2, 0.25) is 0 Å². The van der Waals surface area contributed by atoms with E-state index < -0.39 is 6.17 Å². The van der Waals surface area contributed by atoms with Crippen LogP contribution in [-0.4, -0.2) is 53.1 Å². The Labute approximate surface area is 136 Å². The summed E-state index contributed by atoms with van der Waals surface area (Å²) in [5, 5.41) is 0. The van der Waals surface area contributed by atoms with Gasteiger partial charge in [-0.2, -0.15) is 0 Å². The molecule has 2 aliphatic rings. The third-order valence-electron chi connectivity index (χ3n) is 4.68. The van der Waals surface area contributed by atoms with Crippen LogP contribution >= 0.6 is 0 Å².